The number of rotatable bonds is 7. The van der Waals surface area contributed by atoms with Crippen LogP contribution in [-0.4, -0.2) is 43.7 Å². The highest BCUT2D eigenvalue weighted by molar-refractivity contribution is 14.0. The van der Waals surface area contributed by atoms with Gasteiger partial charge >= 0.3 is 0 Å². The van der Waals surface area contributed by atoms with Gasteiger partial charge in [-0.05, 0) is 38.3 Å². The average molecular weight is 529 g/mol. The van der Waals surface area contributed by atoms with E-state index in [4.69, 9.17) is 9.73 Å². The molecule has 0 saturated carbocycles. The number of aromatic nitrogens is 1. The molecule has 2 N–H and O–H groups in total. The minimum absolute atomic E-state index is 0. The van der Waals surface area contributed by atoms with E-state index in [1.165, 1.54) is 10.6 Å². The molecule has 1 aromatic heterocycles. The molecule has 0 bridgehead atoms. The number of nitrogens with one attached hydrogen (secondary N) is 2. The first kappa shape index (κ1) is 23.7. The van der Waals surface area contributed by atoms with Gasteiger partial charge in [0.05, 0.1) is 13.7 Å². The maximum absolute atomic E-state index is 5.38. The molecule has 8 heteroatoms. The van der Waals surface area contributed by atoms with Crippen LogP contribution in [0.2, 0.25) is 0 Å². The van der Waals surface area contributed by atoms with E-state index in [0.29, 0.717) is 12.6 Å². The van der Waals surface area contributed by atoms with Gasteiger partial charge in [-0.3, -0.25) is 0 Å². The number of benzene rings is 1. The van der Waals surface area contributed by atoms with Crippen molar-refractivity contribution in [3.05, 3.63) is 40.3 Å². The number of ether oxygens (including phenoxy) is 1. The zero-order valence-electron chi connectivity index (χ0n) is 17.5. The number of aliphatic imine (C=N–C) groups is 1. The first-order chi connectivity index (χ1) is 13.7. The lowest BCUT2D eigenvalue weighted by molar-refractivity contribution is 0.414. The molecule has 2 aromatic rings. The third-order valence-electron chi connectivity index (χ3n) is 4.85. The number of nitrogens with zero attached hydrogens (tertiary/aromatic N) is 3. The van der Waals surface area contributed by atoms with Crippen LogP contribution < -0.4 is 20.3 Å². The summed E-state index contributed by atoms with van der Waals surface area (Å²) in [6, 6.07) is 8.66. The van der Waals surface area contributed by atoms with E-state index in [9.17, 15) is 0 Å². The van der Waals surface area contributed by atoms with Gasteiger partial charge in [-0.1, -0.05) is 13.0 Å². The summed E-state index contributed by atoms with van der Waals surface area (Å²) in [5, 5.41) is 8.06. The van der Waals surface area contributed by atoms with Gasteiger partial charge in [-0.2, -0.15) is 0 Å². The van der Waals surface area contributed by atoms with Gasteiger partial charge in [0.1, 0.15) is 10.8 Å². The van der Waals surface area contributed by atoms with Gasteiger partial charge in [-0.15, -0.1) is 35.3 Å². The van der Waals surface area contributed by atoms with Crippen LogP contribution in [0.15, 0.2) is 35.5 Å². The highest BCUT2D eigenvalue weighted by Crippen LogP contribution is 2.24. The summed E-state index contributed by atoms with van der Waals surface area (Å²) in [4.78, 5) is 13.0. The van der Waals surface area contributed by atoms with Crippen molar-refractivity contribution in [2.45, 2.75) is 45.7 Å². The van der Waals surface area contributed by atoms with E-state index < -0.39 is 0 Å². The number of piperidine rings is 1. The Kier molecular flexibility index (Phi) is 9.99. The molecule has 1 aliphatic rings. The van der Waals surface area contributed by atoms with Gasteiger partial charge in [-0.25, -0.2) is 9.98 Å². The number of halogens is 1. The van der Waals surface area contributed by atoms with Crippen LogP contribution >= 0.6 is 35.3 Å². The first-order valence-electron chi connectivity index (χ1n) is 10.1. The van der Waals surface area contributed by atoms with Crippen LogP contribution in [0.1, 0.15) is 36.6 Å². The van der Waals surface area contributed by atoms with Crippen molar-refractivity contribution in [2.24, 2.45) is 4.99 Å². The minimum atomic E-state index is 0. The summed E-state index contributed by atoms with van der Waals surface area (Å²) in [6.45, 7) is 7.73. The normalized spacial score (nSPS) is 16.9. The van der Waals surface area contributed by atoms with E-state index in [1.54, 1.807) is 18.4 Å². The lowest BCUT2D eigenvalue weighted by atomic mass is 10.0. The summed E-state index contributed by atoms with van der Waals surface area (Å²) in [5.41, 5.74) is 1.21. The number of thiazole rings is 1. The lowest BCUT2D eigenvalue weighted by Gasteiger charge is -2.35. The number of hydrogen-bond donors (Lipinski definition) is 2. The second-order valence-electron chi connectivity index (χ2n) is 6.90. The van der Waals surface area contributed by atoms with Gasteiger partial charge in [0.15, 0.2) is 5.96 Å². The van der Waals surface area contributed by atoms with Crippen LogP contribution in [0.5, 0.6) is 5.75 Å². The van der Waals surface area contributed by atoms with Crippen molar-refractivity contribution in [3.8, 4) is 5.75 Å². The van der Waals surface area contributed by atoms with Crippen LogP contribution in [0.3, 0.4) is 0 Å². The summed E-state index contributed by atoms with van der Waals surface area (Å²) < 4.78 is 5.38. The number of aryl methyl sites for hydroxylation is 1. The second-order valence-corrected chi connectivity index (χ2v) is 8.10. The zero-order chi connectivity index (χ0) is 19.8. The number of methoxy groups -OCH3 is 1. The molecule has 0 spiro atoms. The fraction of sp³-hybridized carbons (Fsp3) is 0.524. The Balaban J connectivity index is 0.00000300. The van der Waals surface area contributed by atoms with Gasteiger partial charge in [0, 0.05) is 48.5 Å². The molecule has 1 aliphatic heterocycles. The van der Waals surface area contributed by atoms with Crippen molar-refractivity contribution in [3.63, 3.8) is 0 Å². The molecule has 2 heterocycles. The molecule has 1 unspecified atom stereocenters. The average Bonchev–Trinajstić information content (AvgIpc) is 3.20. The zero-order valence-corrected chi connectivity index (χ0v) is 20.6. The highest BCUT2D eigenvalue weighted by atomic mass is 127. The molecule has 1 fully saturated rings. The molecule has 1 saturated heterocycles. The third-order valence-corrected chi connectivity index (χ3v) is 5.97. The number of guanidine groups is 1. The summed E-state index contributed by atoms with van der Waals surface area (Å²) in [6.07, 6.45) is 5.29. The van der Waals surface area contributed by atoms with Crippen molar-refractivity contribution in [1.29, 1.82) is 0 Å². The Morgan fingerprint density at radius 2 is 2.24 bits per heavy atom. The van der Waals surface area contributed by atoms with Gasteiger partial charge < -0.3 is 20.3 Å². The first-order valence-corrected chi connectivity index (χ1v) is 10.9. The number of hydrogen-bond acceptors (Lipinski definition) is 5. The molecule has 0 amide bonds. The molecule has 29 heavy (non-hydrogen) atoms. The molecule has 160 valence electrons. The number of anilines is 1. The Bertz CT molecular complexity index is 782. The molecule has 6 nitrogen and oxygen atoms in total. The SMILES string of the molecule is CCNC(=NCc1ncc(CC)s1)NC1CCCN(c2cccc(OC)c2)C1.I. The predicted octanol–water partition coefficient (Wildman–Crippen LogP) is 4.06. The van der Waals surface area contributed by atoms with E-state index in [0.717, 1.165) is 55.6 Å². The molecular formula is C21H32IN5OS. The quantitative estimate of drug-likeness (QED) is 0.322. The predicted molar refractivity (Wildman–Crippen MR) is 133 cm³/mol. The Labute approximate surface area is 195 Å². The Hall–Kier alpha value is -1.55. The van der Waals surface area contributed by atoms with Gasteiger partial charge in [0.25, 0.3) is 0 Å². The minimum Gasteiger partial charge on any atom is -0.497 e. The summed E-state index contributed by atoms with van der Waals surface area (Å²) in [5.74, 6) is 1.77. The van der Waals surface area contributed by atoms with E-state index >= 15 is 0 Å². The molecular weight excluding hydrogens is 497 g/mol. The third kappa shape index (κ3) is 7.02. The van der Waals surface area contributed by atoms with Crippen LogP contribution in [0.4, 0.5) is 5.69 Å². The second kappa shape index (κ2) is 12.2. The molecule has 0 aliphatic carbocycles. The molecule has 1 atom stereocenters. The monoisotopic (exact) mass is 529 g/mol. The fourth-order valence-electron chi connectivity index (χ4n) is 3.38. The summed E-state index contributed by atoms with van der Waals surface area (Å²) in [7, 11) is 1.71. The van der Waals surface area contributed by atoms with Crippen molar-refractivity contribution < 1.29 is 4.74 Å². The van der Waals surface area contributed by atoms with Crippen molar-refractivity contribution in [1.82, 2.24) is 15.6 Å². The molecule has 0 radical (unpaired) electrons. The van der Waals surface area contributed by atoms with Gasteiger partial charge in [0.2, 0.25) is 0 Å². The fourth-order valence-corrected chi connectivity index (χ4v) is 4.17. The van der Waals surface area contributed by atoms with Crippen molar-refractivity contribution >= 4 is 47.0 Å². The smallest absolute Gasteiger partial charge is 0.191 e. The van der Waals surface area contributed by atoms with Crippen LogP contribution in [0.25, 0.3) is 0 Å². The lowest BCUT2D eigenvalue weighted by Crippen LogP contribution is -2.51. The largest absolute Gasteiger partial charge is 0.497 e. The maximum Gasteiger partial charge on any atom is 0.191 e. The van der Waals surface area contributed by atoms with Crippen molar-refractivity contribution in [2.75, 3.05) is 31.6 Å². The maximum atomic E-state index is 5.38. The summed E-state index contributed by atoms with van der Waals surface area (Å²) >= 11 is 1.75. The van der Waals surface area contributed by atoms with Crippen LogP contribution in [0, 0.1) is 0 Å². The van der Waals surface area contributed by atoms with E-state index in [-0.39, 0.29) is 24.0 Å². The van der Waals surface area contributed by atoms with E-state index in [1.807, 2.05) is 12.3 Å². The molecule has 3 rings (SSSR count). The Morgan fingerprint density at radius 3 is 2.97 bits per heavy atom. The van der Waals surface area contributed by atoms with E-state index in [2.05, 4.69) is 52.6 Å². The highest BCUT2D eigenvalue weighted by Gasteiger charge is 2.21. The topological polar surface area (TPSA) is 61.8 Å². The standard InChI is InChI=1S/C21H31N5OS.HI/c1-4-19-13-23-20(28-19)14-24-21(22-5-2)25-16-8-7-11-26(15-16)17-9-6-10-18(12-17)27-3;/h6,9-10,12-13,16H,4-5,7-8,11,14-15H2,1-3H3,(H2,22,24,25);1H. The van der Waals surface area contributed by atoms with Crippen LogP contribution in [-0.2, 0) is 13.0 Å². The molecule has 1 aromatic carbocycles. The Morgan fingerprint density at radius 1 is 1.38 bits per heavy atom.